The molecule has 2 aromatic carbocycles. The molecule has 2 aliphatic carbocycles. The van der Waals surface area contributed by atoms with Crippen LogP contribution >= 0.6 is 34.8 Å². The van der Waals surface area contributed by atoms with Crippen molar-refractivity contribution >= 4 is 82.2 Å². The van der Waals surface area contributed by atoms with Crippen molar-refractivity contribution in [3.05, 3.63) is 69.7 Å². The fourth-order valence-corrected chi connectivity index (χ4v) is 8.61. The van der Waals surface area contributed by atoms with E-state index in [9.17, 15) is 38.4 Å². The van der Waals surface area contributed by atoms with Gasteiger partial charge in [0.15, 0.2) is 17.6 Å². The van der Waals surface area contributed by atoms with Crippen LogP contribution in [0.3, 0.4) is 0 Å². The number of carboxylic acid groups (broad SMARTS) is 1. The second-order valence-corrected chi connectivity index (χ2v) is 19.0. The summed E-state index contributed by atoms with van der Waals surface area (Å²) in [7, 11) is 3.05. The first-order valence-corrected chi connectivity index (χ1v) is 23.9. The monoisotopic (exact) mass is 995 g/mol. The number of nitrogens with zero attached hydrogens (tertiary/aromatic N) is 2. The third kappa shape index (κ3) is 15.4. The Bertz CT molecular complexity index is 2050. The van der Waals surface area contributed by atoms with Gasteiger partial charge in [0.1, 0.15) is 22.9 Å². The van der Waals surface area contributed by atoms with E-state index in [-0.39, 0.29) is 59.4 Å². The Morgan fingerprint density at radius 1 is 0.672 bits per heavy atom. The molecule has 372 valence electrons. The van der Waals surface area contributed by atoms with Crippen molar-refractivity contribution in [1.29, 1.82) is 0 Å². The molecule has 2 aromatic rings. The van der Waals surface area contributed by atoms with Crippen LogP contribution in [-0.2, 0) is 54.1 Å². The molecule has 0 unspecified atom stereocenters. The van der Waals surface area contributed by atoms with Crippen molar-refractivity contribution < 1.29 is 57.7 Å². The summed E-state index contributed by atoms with van der Waals surface area (Å²) in [5, 5.41) is 12.1. The zero-order valence-corrected chi connectivity index (χ0v) is 42.6. The normalized spacial score (nSPS) is 18.9. The maximum absolute atomic E-state index is 13.1. The Morgan fingerprint density at radius 3 is 1.48 bits per heavy atom. The Kier molecular flexibility index (Phi) is 23.8. The molecule has 2 N–H and O–H groups in total. The maximum atomic E-state index is 13.1. The molecule has 0 radical (unpaired) electrons. The van der Waals surface area contributed by atoms with E-state index >= 15 is 0 Å². The minimum absolute atomic E-state index is 0.0177. The van der Waals surface area contributed by atoms with Crippen LogP contribution in [0.25, 0.3) is 0 Å². The summed E-state index contributed by atoms with van der Waals surface area (Å²) in [6.07, 6.45) is 3.53. The van der Waals surface area contributed by atoms with Crippen LogP contribution in [-0.4, -0.2) is 95.3 Å². The number of Topliss-reactive ketones (excluding diaryl/α,β-unsaturated/α-hetero) is 3. The molecule has 3 amide bonds. The largest absolute Gasteiger partial charge is 0.480 e. The average molecular weight is 997 g/mol. The van der Waals surface area contributed by atoms with Gasteiger partial charge in [-0.25, -0.2) is 14.4 Å². The number of hydrogen-bond acceptors (Lipinski definition) is 11. The van der Waals surface area contributed by atoms with Crippen LogP contribution in [0, 0.1) is 29.6 Å². The first kappa shape index (κ1) is 58.4. The molecule has 2 fully saturated rings. The molecule has 4 rings (SSSR count). The van der Waals surface area contributed by atoms with Gasteiger partial charge in [0.2, 0.25) is 12.7 Å². The number of rotatable bonds is 16. The maximum Gasteiger partial charge on any atom is 0.413 e. The number of nitrogens with one attached hydrogen (secondary N) is 1. The summed E-state index contributed by atoms with van der Waals surface area (Å²) in [4.78, 5) is 99.8. The zero-order chi connectivity index (χ0) is 50.8. The van der Waals surface area contributed by atoms with Crippen molar-refractivity contribution in [2.24, 2.45) is 29.6 Å². The lowest BCUT2D eigenvalue weighted by atomic mass is 9.74. The predicted octanol–water partition coefficient (Wildman–Crippen LogP) is 9.95. The van der Waals surface area contributed by atoms with Gasteiger partial charge >= 0.3 is 24.1 Å². The molecule has 0 spiro atoms. The van der Waals surface area contributed by atoms with E-state index in [4.69, 9.17) is 54.1 Å². The number of carbonyl (C=O) groups is 8. The number of aliphatic carboxylic acids is 1. The van der Waals surface area contributed by atoms with Gasteiger partial charge in [-0.1, -0.05) is 127 Å². The van der Waals surface area contributed by atoms with Crippen molar-refractivity contribution in [2.75, 3.05) is 27.0 Å². The van der Waals surface area contributed by atoms with Gasteiger partial charge in [-0.05, 0) is 62.5 Å². The second kappa shape index (κ2) is 27.3. The quantitative estimate of drug-likeness (QED) is 0.0917. The lowest BCUT2D eigenvalue weighted by Crippen LogP contribution is -2.54. The van der Waals surface area contributed by atoms with Gasteiger partial charge in [0.25, 0.3) is 0 Å². The number of benzene rings is 2. The molecule has 0 saturated heterocycles. The minimum Gasteiger partial charge on any atom is -0.480 e. The highest BCUT2D eigenvalue weighted by molar-refractivity contribution is 6.32. The van der Waals surface area contributed by atoms with Crippen LogP contribution in [0.1, 0.15) is 124 Å². The van der Waals surface area contributed by atoms with E-state index in [1.165, 1.54) is 16.8 Å². The predicted molar refractivity (Wildman–Crippen MR) is 255 cm³/mol. The molecule has 15 nitrogen and oxygen atoms in total. The van der Waals surface area contributed by atoms with E-state index < -0.39 is 54.0 Å². The second-order valence-electron chi connectivity index (χ2n) is 18.0. The highest BCUT2D eigenvalue weighted by Gasteiger charge is 2.50. The van der Waals surface area contributed by atoms with Crippen molar-refractivity contribution in [2.45, 2.75) is 130 Å². The number of esters is 1. The van der Waals surface area contributed by atoms with E-state index in [2.05, 4.69) is 5.32 Å². The van der Waals surface area contributed by atoms with Gasteiger partial charge in [0.05, 0.1) is 5.92 Å². The van der Waals surface area contributed by atoms with Gasteiger partial charge in [-0.2, -0.15) is 0 Å². The van der Waals surface area contributed by atoms with E-state index in [1.54, 1.807) is 91.1 Å². The highest BCUT2D eigenvalue weighted by Crippen LogP contribution is 2.44. The number of carboxylic acids is 1. The van der Waals surface area contributed by atoms with Crippen molar-refractivity contribution in [1.82, 2.24) is 15.1 Å². The summed E-state index contributed by atoms with van der Waals surface area (Å²) < 4.78 is 15.2. The van der Waals surface area contributed by atoms with Gasteiger partial charge in [-0.15, -0.1) is 0 Å². The molecule has 4 atom stereocenters. The highest BCUT2D eigenvalue weighted by atomic mass is 35.5. The van der Waals surface area contributed by atoms with Gasteiger partial charge in [0, 0.05) is 66.4 Å². The molecular formula is C49H68Cl3N3O12. The number of halogens is 3. The summed E-state index contributed by atoms with van der Waals surface area (Å²) in [5.41, 5.74) is -1.10. The number of hydrogen-bond donors (Lipinski definition) is 2. The third-order valence-corrected chi connectivity index (χ3v) is 12.9. The Morgan fingerprint density at radius 2 is 1.12 bits per heavy atom. The van der Waals surface area contributed by atoms with Gasteiger partial charge in [-0.3, -0.25) is 33.8 Å². The lowest BCUT2D eigenvalue weighted by Gasteiger charge is -2.43. The van der Waals surface area contributed by atoms with Gasteiger partial charge < -0.3 is 24.6 Å². The molecule has 67 heavy (non-hydrogen) atoms. The molecule has 2 saturated carbocycles. The minimum atomic E-state index is -1.23. The third-order valence-electron chi connectivity index (χ3n) is 12.1. The number of amides is 3. The van der Waals surface area contributed by atoms with Crippen molar-refractivity contribution in [3.63, 3.8) is 0 Å². The van der Waals surface area contributed by atoms with Crippen LogP contribution in [0.4, 0.5) is 9.59 Å². The van der Waals surface area contributed by atoms with E-state index in [1.807, 2.05) is 19.9 Å². The molecule has 0 aromatic heterocycles. The summed E-state index contributed by atoms with van der Waals surface area (Å²) in [5.74, 6) is -3.14. The molecule has 0 bridgehead atoms. The summed E-state index contributed by atoms with van der Waals surface area (Å²) >= 11 is 18.1. The Hall–Kier alpha value is -4.73. The number of ether oxygens (including phenoxy) is 3. The molecule has 2 aliphatic rings. The number of carbonyl (C=O) groups excluding carboxylic acids is 7. The number of likely N-dealkylation sites (N-methyl/N-ethyl adjacent to an activating group) is 2. The van der Waals surface area contributed by atoms with E-state index in [0.29, 0.717) is 46.9 Å². The van der Waals surface area contributed by atoms with Crippen LogP contribution in [0.15, 0.2) is 48.5 Å². The average Bonchev–Trinajstić information content (AvgIpc) is 3.27. The first-order valence-electron chi connectivity index (χ1n) is 22.6. The molecule has 0 aliphatic heterocycles. The fraction of sp³-hybridized carbons (Fsp3) is 0.592. The number of ketones is 3. The standard InChI is InChI=1S/C25H34ClNO6.C15H17Cl2NO3.C9H17NO3/c1-16(2)18(14-21(28)17(3)4)23(30)32-15-33-24(31)27(5)25(13-9-8-12-22(25)29)19-10-6-7-11-20(19)26;1-18(14(20)21-10-16)15(9-5-4-8-13(15)19)11-6-2-3-7-12(11)17;1-5(2)7(9(12)13)10-8(11)6(3)4/h6-7,10-11,16-18H,8-9,12-15H2,1-5H3;2-3,6-7H,4-5,8-10H2,1H3;5-7H,1-4H3,(H,10,11)(H,12,13)/t18-,25-;15-;7-/m000/s1. The molecule has 18 heteroatoms. The van der Waals surface area contributed by atoms with Crippen LogP contribution in [0.5, 0.6) is 0 Å². The van der Waals surface area contributed by atoms with Crippen LogP contribution < -0.4 is 5.32 Å². The lowest BCUT2D eigenvalue weighted by molar-refractivity contribution is -0.161. The van der Waals surface area contributed by atoms with Crippen molar-refractivity contribution in [3.8, 4) is 0 Å². The van der Waals surface area contributed by atoms with Crippen LogP contribution in [0.2, 0.25) is 10.0 Å². The topological polar surface area (TPSA) is 203 Å². The fourth-order valence-electron chi connectivity index (χ4n) is 7.93. The zero-order valence-electron chi connectivity index (χ0n) is 40.3. The summed E-state index contributed by atoms with van der Waals surface area (Å²) in [6.45, 7) is 13.6. The molecular weight excluding hydrogens is 929 g/mol. The summed E-state index contributed by atoms with van der Waals surface area (Å²) in [6, 6.07) is 13.0. The number of alkyl halides is 1. The molecule has 0 heterocycles. The Labute approximate surface area is 409 Å². The van der Waals surface area contributed by atoms with E-state index in [0.717, 1.165) is 25.7 Å². The first-order chi connectivity index (χ1) is 31.4. The Balaban J connectivity index is 0.000000385. The smallest absolute Gasteiger partial charge is 0.413 e. The SMILES string of the molecule is CC(C)C(=O)C[C@H](C(=O)OCOC(=O)N(C)[C@]1(c2ccccc2Cl)CCCCC1=O)C(C)C.CC(C)C(=O)N[C@H](C(=O)O)C(C)C.CN(C(=O)OCCl)[C@]1(c2ccccc2Cl)CCCCC1=O.